The predicted molar refractivity (Wildman–Crippen MR) is 125 cm³/mol. The van der Waals surface area contributed by atoms with Crippen molar-refractivity contribution in [2.45, 2.75) is 0 Å². The molecule has 4 N–H and O–H groups in total. The molecule has 9 heteroatoms. The first-order valence-corrected chi connectivity index (χ1v) is 9.76. The molecule has 2 aromatic carbocycles. The van der Waals surface area contributed by atoms with Gasteiger partial charge in [0.15, 0.2) is 0 Å². The van der Waals surface area contributed by atoms with Crippen molar-refractivity contribution in [2.75, 3.05) is 0 Å². The fourth-order valence-electron chi connectivity index (χ4n) is 2.48. The van der Waals surface area contributed by atoms with Gasteiger partial charge >= 0.3 is 0 Å². The van der Waals surface area contributed by atoms with E-state index in [1.54, 1.807) is 49.1 Å². The maximum Gasteiger partial charge on any atom is 0.271 e. The predicted octanol–water partition coefficient (Wildman–Crippen LogP) is 3.55. The summed E-state index contributed by atoms with van der Waals surface area (Å²) in [6.07, 6.45) is 6.70. The van der Waals surface area contributed by atoms with E-state index in [0.717, 1.165) is 11.4 Å². The number of rotatable bonds is 6. The summed E-state index contributed by atoms with van der Waals surface area (Å²) in [6, 6.07) is 25.3. The van der Waals surface area contributed by atoms with Crippen LogP contribution < -0.4 is 10.9 Å². The molecule has 0 atom stereocenters. The topological polar surface area (TPSA) is 114 Å². The van der Waals surface area contributed by atoms with E-state index in [4.69, 9.17) is 0 Å². The van der Waals surface area contributed by atoms with Gasteiger partial charge in [-0.05, 0) is 48.5 Å². The number of amides is 2. The minimum Gasteiger partial charge on any atom is -0.360 e. The molecule has 4 aromatic rings. The second-order valence-corrected chi connectivity index (χ2v) is 6.38. The van der Waals surface area contributed by atoms with Crippen LogP contribution in [-0.4, -0.2) is 34.2 Å². The number of carbonyl (C=O) groups excluding carboxylic acids is 2. The van der Waals surface area contributed by atoms with Gasteiger partial charge in [-0.2, -0.15) is 10.2 Å². The molecule has 0 saturated carbocycles. The number of carbonyl (C=O) groups is 2. The quantitative estimate of drug-likeness (QED) is 0.247. The number of hydrazone groups is 2. The Morgan fingerprint density at radius 3 is 1.33 bits per heavy atom. The maximum absolute atomic E-state index is 11.5. The second-order valence-electron chi connectivity index (χ2n) is 6.38. The van der Waals surface area contributed by atoms with E-state index in [-0.39, 0.29) is 28.6 Å². The molecule has 4 rings (SSSR count). The van der Waals surface area contributed by atoms with Crippen molar-refractivity contribution in [1.29, 1.82) is 0 Å². The van der Waals surface area contributed by atoms with Crippen molar-refractivity contribution in [3.63, 3.8) is 0 Å². The monoisotopic (exact) mass is 485 g/mol. The molecule has 8 nitrogen and oxygen atoms in total. The third-order valence-electron chi connectivity index (χ3n) is 4.06. The zero-order valence-corrected chi connectivity index (χ0v) is 18.5. The zero-order valence-electron chi connectivity index (χ0n) is 17.4. The number of nitrogens with one attached hydrogen (secondary N) is 4. The van der Waals surface area contributed by atoms with Crippen LogP contribution in [0.25, 0.3) is 0 Å². The van der Waals surface area contributed by atoms with Gasteiger partial charge in [-0.25, -0.2) is 10.9 Å². The van der Waals surface area contributed by atoms with Gasteiger partial charge in [0.05, 0.1) is 23.8 Å². The molecular formula is C24H22CoN6O2. The van der Waals surface area contributed by atoms with Crippen molar-refractivity contribution in [3.8, 4) is 0 Å². The van der Waals surface area contributed by atoms with Crippen molar-refractivity contribution in [3.05, 3.63) is 120 Å². The van der Waals surface area contributed by atoms with Crippen LogP contribution in [0.15, 0.2) is 108 Å². The van der Waals surface area contributed by atoms with E-state index < -0.39 is 0 Å². The summed E-state index contributed by atoms with van der Waals surface area (Å²) < 4.78 is 0. The molecule has 0 fully saturated rings. The maximum atomic E-state index is 11.5. The minimum atomic E-state index is -0.219. The van der Waals surface area contributed by atoms with Gasteiger partial charge in [-0.1, -0.05) is 36.4 Å². The normalized spacial score (nSPS) is 10.2. The van der Waals surface area contributed by atoms with Crippen molar-refractivity contribution in [1.82, 2.24) is 20.8 Å². The summed E-state index contributed by atoms with van der Waals surface area (Å²) >= 11 is 0. The van der Waals surface area contributed by atoms with Crippen LogP contribution in [0.5, 0.6) is 0 Å². The number of aromatic nitrogens is 2. The SMILES string of the molecule is O=C(N/N=C/c1ccc[nH]1)c1ccccc1.O=C(N/N=C/c1ccc[nH]1)c1ccccc1.[Co]. The van der Waals surface area contributed by atoms with Crippen LogP contribution >= 0.6 is 0 Å². The largest absolute Gasteiger partial charge is 0.360 e. The molecule has 2 heterocycles. The van der Waals surface area contributed by atoms with Crippen molar-refractivity contribution >= 4 is 24.2 Å². The number of hydrogen-bond acceptors (Lipinski definition) is 4. The summed E-state index contributed by atoms with van der Waals surface area (Å²) in [6.45, 7) is 0. The summed E-state index contributed by atoms with van der Waals surface area (Å²) in [5.41, 5.74) is 7.76. The van der Waals surface area contributed by atoms with Crippen molar-refractivity contribution < 1.29 is 26.4 Å². The minimum absolute atomic E-state index is 0. The average molecular weight is 485 g/mol. The molecule has 0 saturated heterocycles. The van der Waals surface area contributed by atoms with Gasteiger partial charge in [-0.15, -0.1) is 0 Å². The second kappa shape index (κ2) is 14.0. The average Bonchev–Trinajstić information content (AvgIpc) is 3.55. The van der Waals surface area contributed by atoms with Gasteiger partial charge in [-0.3, -0.25) is 9.59 Å². The first-order chi connectivity index (χ1) is 15.7. The van der Waals surface area contributed by atoms with E-state index >= 15 is 0 Å². The molecule has 0 unspecified atom stereocenters. The van der Waals surface area contributed by atoms with Gasteiger partial charge < -0.3 is 9.97 Å². The summed E-state index contributed by atoms with van der Waals surface area (Å²) in [4.78, 5) is 29.0. The Hall–Kier alpha value is -4.21. The first-order valence-electron chi connectivity index (χ1n) is 9.76. The molecular weight excluding hydrogens is 463 g/mol. The van der Waals surface area contributed by atoms with E-state index in [1.807, 2.05) is 60.7 Å². The van der Waals surface area contributed by atoms with Crippen LogP contribution in [0.2, 0.25) is 0 Å². The Labute approximate surface area is 201 Å². The van der Waals surface area contributed by atoms with Crippen molar-refractivity contribution in [2.24, 2.45) is 10.2 Å². The first kappa shape index (κ1) is 25.1. The van der Waals surface area contributed by atoms with Gasteiger partial charge in [0, 0.05) is 40.3 Å². The number of nitrogens with zero attached hydrogens (tertiary/aromatic N) is 2. The molecule has 2 amide bonds. The smallest absolute Gasteiger partial charge is 0.271 e. The Morgan fingerprint density at radius 1 is 0.606 bits per heavy atom. The fraction of sp³-hybridized carbons (Fsp3) is 0. The number of benzene rings is 2. The number of hydrogen-bond donors (Lipinski definition) is 4. The molecule has 0 spiro atoms. The zero-order chi connectivity index (χ0) is 22.4. The molecule has 169 valence electrons. The Balaban J connectivity index is 0.000000227. The van der Waals surface area contributed by atoms with E-state index in [9.17, 15) is 9.59 Å². The number of H-pyrrole nitrogens is 2. The summed E-state index contributed by atoms with van der Waals surface area (Å²) in [5.74, 6) is -0.438. The molecule has 2 aromatic heterocycles. The Morgan fingerprint density at radius 2 is 1.00 bits per heavy atom. The van der Waals surface area contributed by atoms with Gasteiger partial charge in [0.1, 0.15) is 0 Å². The molecule has 0 bridgehead atoms. The molecule has 0 aliphatic rings. The standard InChI is InChI=1S/2C12H11N3O.Co/c2*16-12(10-5-2-1-3-6-10)15-14-9-11-7-4-8-13-11;/h2*1-9,13H,(H,15,16);/b2*14-9+;. The number of aromatic amines is 2. The third-order valence-corrected chi connectivity index (χ3v) is 4.06. The molecule has 1 radical (unpaired) electrons. The van der Waals surface area contributed by atoms with Crippen LogP contribution in [0, 0.1) is 0 Å². The molecule has 33 heavy (non-hydrogen) atoms. The van der Waals surface area contributed by atoms with Crippen LogP contribution in [0.3, 0.4) is 0 Å². The Kier molecular flexibility index (Phi) is 10.6. The third kappa shape index (κ3) is 8.81. The van der Waals surface area contributed by atoms with Crippen LogP contribution in [0.4, 0.5) is 0 Å². The van der Waals surface area contributed by atoms with E-state index in [1.165, 1.54) is 0 Å². The molecule has 0 aliphatic carbocycles. The van der Waals surface area contributed by atoms with Gasteiger partial charge in [0.25, 0.3) is 11.8 Å². The van der Waals surface area contributed by atoms with E-state index in [2.05, 4.69) is 31.0 Å². The Bertz CT molecular complexity index is 1050. The van der Waals surface area contributed by atoms with Crippen LogP contribution in [0.1, 0.15) is 32.1 Å². The summed E-state index contributed by atoms with van der Waals surface area (Å²) in [7, 11) is 0. The fourth-order valence-corrected chi connectivity index (χ4v) is 2.48. The molecule has 0 aliphatic heterocycles. The van der Waals surface area contributed by atoms with Crippen LogP contribution in [-0.2, 0) is 16.8 Å². The van der Waals surface area contributed by atoms with Gasteiger partial charge in [0.2, 0.25) is 0 Å². The van der Waals surface area contributed by atoms with E-state index in [0.29, 0.717) is 11.1 Å². The summed E-state index contributed by atoms with van der Waals surface area (Å²) in [5, 5.41) is 7.67.